The Labute approximate surface area is 188 Å². The highest BCUT2D eigenvalue weighted by Crippen LogP contribution is 2.47. The van der Waals surface area contributed by atoms with Crippen molar-refractivity contribution in [3.63, 3.8) is 0 Å². The molecule has 31 heavy (non-hydrogen) atoms. The average Bonchev–Trinajstić information content (AvgIpc) is 2.77. The van der Waals surface area contributed by atoms with Gasteiger partial charge in [0.15, 0.2) is 0 Å². The van der Waals surface area contributed by atoms with Gasteiger partial charge in [-0.1, -0.05) is 17.7 Å². The lowest BCUT2D eigenvalue weighted by Gasteiger charge is -2.45. The quantitative estimate of drug-likeness (QED) is 0.303. The zero-order chi connectivity index (χ0) is 22.0. The molecule has 1 aliphatic heterocycles. The van der Waals surface area contributed by atoms with Crippen LogP contribution in [-0.2, 0) is 0 Å². The molecule has 2 N–H and O–H groups in total. The number of benzene rings is 2. The number of piperidine rings is 1. The van der Waals surface area contributed by atoms with Gasteiger partial charge in [-0.05, 0) is 97.8 Å². The maximum absolute atomic E-state index is 13.3. The van der Waals surface area contributed by atoms with E-state index in [1.54, 1.807) is 24.1 Å². The fraction of sp³-hybridized carbons (Fsp3) is 0.269. The summed E-state index contributed by atoms with van der Waals surface area (Å²) in [6, 6.07) is 13.0. The SMILES string of the molecule is C=CC12CC(C=N)=C(Nc3ccc(F)cc3)C=C1CCN(Sc1ccc(C)c(C)c1)C2. The van der Waals surface area contributed by atoms with Crippen LogP contribution in [0.15, 0.2) is 82.9 Å². The number of rotatable bonds is 6. The van der Waals surface area contributed by atoms with Gasteiger partial charge in [0.1, 0.15) is 5.82 Å². The molecule has 1 aliphatic carbocycles. The lowest BCUT2D eigenvalue weighted by molar-refractivity contribution is 0.278. The Morgan fingerprint density at radius 3 is 2.61 bits per heavy atom. The van der Waals surface area contributed by atoms with Gasteiger partial charge in [-0.3, -0.25) is 0 Å². The third kappa shape index (κ3) is 4.53. The molecule has 2 aromatic rings. The molecular formula is C26H28FN3S. The van der Waals surface area contributed by atoms with Crippen LogP contribution in [0.3, 0.4) is 0 Å². The van der Waals surface area contributed by atoms with Crippen LogP contribution in [0.2, 0.25) is 0 Å². The van der Waals surface area contributed by atoms with Crippen molar-refractivity contribution in [1.29, 1.82) is 5.41 Å². The number of allylic oxidation sites excluding steroid dienone is 2. The van der Waals surface area contributed by atoms with Crippen LogP contribution in [0.25, 0.3) is 0 Å². The second-order valence-electron chi connectivity index (χ2n) is 8.37. The van der Waals surface area contributed by atoms with Gasteiger partial charge in [0.2, 0.25) is 0 Å². The first kappa shape index (κ1) is 21.6. The minimum Gasteiger partial charge on any atom is -0.355 e. The van der Waals surface area contributed by atoms with E-state index in [-0.39, 0.29) is 11.2 Å². The lowest BCUT2D eigenvalue weighted by atomic mass is 9.69. The maximum atomic E-state index is 13.3. The van der Waals surface area contributed by atoms with Crippen LogP contribution in [0.4, 0.5) is 10.1 Å². The number of nitrogens with one attached hydrogen (secondary N) is 2. The van der Waals surface area contributed by atoms with Crippen molar-refractivity contribution < 1.29 is 4.39 Å². The largest absolute Gasteiger partial charge is 0.355 e. The van der Waals surface area contributed by atoms with Crippen LogP contribution in [0, 0.1) is 30.5 Å². The zero-order valence-corrected chi connectivity index (χ0v) is 18.9. The summed E-state index contributed by atoms with van der Waals surface area (Å²) >= 11 is 1.80. The molecule has 2 aromatic carbocycles. The van der Waals surface area contributed by atoms with Crippen LogP contribution >= 0.6 is 11.9 Å². The van der Waals surface area contributed by atoms with Crippen LogP contribution < -0.4 is 5.32 Å². The summed E-state index contributed by atoms with van der Waals surface area (Å²) in [5.41, 5.74) is 6.46. The van der Waals surface area contributed by atoms with Crippen molar-refractivity contribution in [2.24, 2.45) is 5.41 Å². The highest BCUT2D eigenvalue weighted by Gasteiger charge is 2.40. The summed E-state index contributed by atoms with van der Waals surface area (Å²) in [4.78, 5) is 1.26. The maximum Gasteiger partial charge on any atom is 0.123 e. The van der Waals surface area contributed by atoms with E-state index in [0.29, 0.717) is 0 Å². The number of hydrogen-bond acceptors (Lipinski definition) is 4. The molecule has 4 rings (SSSR count). The van der Waals surface area contributed by atoms with E-state index >= 15 is 0 Å². The van der Waals surface area contributed by atoms with Crippen molar-refractivity contribution >= 4 is 23.8 Å². The van der Waals surface area contributed by atoms with Gasteiger partial charge in [-0.15, -0.1) is 6.58 Å². The molecule has 1 saturated heterocycles. The molecule has 1 heterocycles. The van der Waals surface area contributed by atoms with E-state index in [1.165, 1.54) is 39.9 Å². The van der Waals surface area contributed by atoms with Gasteiger partial charge in [-0.25, -0.2) is 8.70 Å². The van der Waals surface area contributed by atoms with Gasteiger partial charge in [0.25, 0.3) is 0 Å². The average molecular weight is 434 g/mol. The minimum atomic E-state index is -0.256. The first-order chi connectivity index (χ1) is 14.9. The second kappa shape index (κ2) is 8.85. The summed E-state index contributed by atoms with van der Waals surface area (Å²) in [5.74, 6) is -0.256. The van der Waals surface area contributed by atoms with Gasteiger partial charge < -0.3 is 10.7 Å². The summed E-state index contributed by atoms with van der Waals surface area (Å²) in [6.07, 6.45) is 7.35. The van der Waals surface area contributed by atoms with Crippen molar-refractivity contribution in [2.75, 3.05) is 18.4 Å². The molecule has 0 saturated carbocycles. The summed E-state index contributed by atoms with van der Waals surface area (Å²) in [6.45, 7) is 10.3. The summed E-state index contributed by atoms with van der Waals surface area (Å²) in [5, 5.41) is 11.4. The molecule has 0 aromatic heterocycles. The molecular weight excluding hydrogens is 405 g/mol. The predicted octanol–water partition coefficient (Wildman–Crippen LogP) is 6.67. The minimum absolute atomic E-state index is 0.175. The number of aryl methyl sites for hydroxylation is 2. The van der Waals surface area contributed by atoms with Crippen LogP contribution in [0.5, 0.6) is 0 Å². The molecule has 1 atom stereocenters. The standard InChI is InChI=1S/C26H28FN3S/c1-4-26-15-20(16-28)25(29-23-8-6-22(27)7-9-23)14-21(26)11-12-30(17-26)31-24-10-5-18(2)19(3)13-24/h4-10,13-14,16,28-29H,1,11-12,15,17H2,2-3H3. The van der Waals surface area contributed by atoms with E-state index < -0.39 is 0 Å². The number of hydrogen-bond donors (Lipinski definition) is 2. The molecule has 0 radical (unpaired) electrons. The molecule has 160 valence electrons. The van der Waals surface area contributed by atoms with E-state index in [0.717, 1.165) is 42.9 Å². The Kier molecular flexibility index (Phi) is 6.17. The molecule has 0 bridgehead atoms. The Morgan fingerprint density at radius 1 is 1.16 bits per heavy atom. The molecule has 0 spiro atoms. The first-order valence-corrected chi connectivity index (χ1v) is 11.3. The molecule has 1 fully saturated rings. The summed E-state index contributed by atoms with van der Waals surface area (Å²) < 4.78 is 15.7. The molecule has 0 amide bonds. The Morgan fingerprint density at radius 2 is 1.94 bits per heavy atom. The van der Waals surface area contributed by atoms with Crippen LogP contribution in [0.1, 0.15) is 24.0 Å². The topological polar surface area (TPSA) is 39.1 Å². The fourth-order valence-corrected chi connectivity index (χ4v) is 5.41. The van der Waals surface area contributed by atoms with E-state index in [4.69, 9.17) is 5.41 Å². The van der Waals surface area contributed by atoms with E-state index in [9.17, 15) is 4.39 Å². The van der Waals surface area contributed by atoms with Gasteiger partial charge in [0, 0.05) is 41.0 Å². The number of halogens is 1. The first-order valence-electron chi connectivity index (χ1n) is 10.5. The van der Waals surface area contributed by atoms with Crippen molar-refractivity contribution in [2.45, 2.75) is 31.6 Å². The number of fused-ring (bicyclic) bond motifs is 1. The predicted molar refractivity (Wildman–Crippen MR) is 129 cm³/mol. The van der Waals surface area contributed by atoms with Gasteiger partial charge in [0.05, 0.1) is 0 Å². The van der Waals surface area contributed by atoms with Gasteiger partial charge in [-0.2, -0.15) is 0 Å². The highest BCUT2D eigenvalue weighted by atomic mass is 32.2. The fourth-order valence-electron chi connectivity index (χ4n) is 4.28. The molecule has 3 nitrogen and oxygen atoms in total. The zero-order valence-electron chi connectivity index (χ0n) is 18.0. The highest BCUT2D eigenvalue weighted by molar-refractivity contribution is 7.97. The third-order valence-electron chi connectivity index (χ3n) is 6.30. The Balaban J connectivity index is 1.55. The van der Waals surface area contributed by atoms with Crippen molar-refractivity contribution in [3.05, 3.63) is 95.0 Å². The number of nitrogens with zero attached hydrogens (tertiary/aromatic N) is 1. The summed E-state index contributed by atoms with van der Waals surface area (Å²) in [7, 11) is 0. The van der Waals surface area contributed by atoms with Crippen molar-refractivity contribution in [3.8, 4) is 0 Å². The second-order valence-corrected chi connectivity index (χ2v) is 9.54. The smallest absolute Gasteiger partial charge is 0.123 e. The van der Waals surface area contributed by atoms with E-state index in [2.05, 4.69) is 60.4 Å². The van der Waals surface area contributed by atoms with Crippen molar-refractivity contribution in [1.82, 2.24) is 4.31 Å². The van der Waals surface area contributed by atoms with E-state index in [1.807, 2.05) is 0 Å². The normalized spacial score (nSPS) is 21.3. The monoisotopic (exact) mass is 433 g/mol. The molecule has 2 aliphatic rings. The van der Waals surface area contributed by atoms with Gasteiger partial charge >= 0.3 is 0 Å². The molecule has 1 unspecified atom stereocenters. The van der Waals surface area contributed by atoms with Crippen LogP contribution in [-0.4, -0.2) is 23.6 Å². The Bertz CT molecular complexity index is 1070. The molecule has 5 heteroatoms. The third-order valence-corrected chi connectivity index (χ3v) is 7.33. The lowest BCUT2D eigenvalue weighted by Crippen LogP contribution is -2.42. The Hall–Kier alpha value is -2.63. The number of anilines is 1.